The van der Waals surface area contributed by atoms with Gasteiger partial charge in [0.05, 0.1) is 12.3 Å². The van der Waals surface area contributed by atoms with E-state index in [1.54, 1.807) is 11.3 Å². The van der Waals surface area contributed by atoms with E-state index < -0.39 is 0 Å². The van der Waals surface area contributed by atoms with Crippen LogP contribution < -0.4 is 10.5 Å². The Kier molecular flexibility index (Phi) is 4.97. The summed E-state index contributed by atoms with van der Waals surface area (Å²) in [7, 11) is 0. The number of aromatic nitrogens is 1. The molecule has 2 N–H and O–H groups in total. The van der Waals surface area contributed by atoms with Crippen LogP contribution in [0.1, 0.15) is 22.9 Å². The Morgan fingerprint density at radius 1 is 1.12 bits per heavy atom. The van der Waals surface area contributed by atoms with E-state index in [0.717, 1.165) is 38.7 Å². The predicted molar refractivity (Wildman–Crippen MR) is 102 cm³/mol. The maximum atomic E-state index is 5.87. The molecule has 0 saturated heterocycles. The number of hydrogen-bond donors (Lipinski definition) is 1. The molecule has 3 aromatic rings. The Labute approximate surface area is 147 Å². The predicted octanol–water partition coefficient (Wildman–Crippen LogP) is 4.95. The van der Waals surface area contributed by atoms with E-state index in [-0.39, 0.29) is 0 Å². The summed E-state index contributed by atoms with van der Waals surface area (Å²) in [6, 6.07) is 14.5. The van der Waals surface area contributed by atoms with Gasteiger partial charge in [0.1, 0.15) is 10.8 Å². The maximum absolute atomic E-state index is 5.87. The molecule has 0 aliphatic rings. The zero-order valence-electron chi connectivity index (χ0n) is 14.3. The fourth-order valence-electron chi connectivity index (χ4n) is 2.80. The first kappa shape index (κ1) is 16.7. The van der Waals surface area contributed by atoms with Crippen LogP contribution in [0.25, 0.3) is 21.8 Å². The Bertz CT molecular complexity index is 855. The molecular formula is C20H22N2OS. The van der Waals surface area contributed by atoms with Crippen molar-refractivity contribution in [3.63, 3.8) is 0 Å². The standard InChI is InChI=1S/C20H22N2OS/c1-4-23-18-10-9-15(11-13(18)2)19-14(3)24-20(22-19)17-8-6-5-7-16(17)12-21/h5-11H,4,12,21H2,1-3H3. The molecule has 0 fully saturated rings. The number of aryl methyl sites for hydroxylation is 2. The van der Waals surface area contributed by atoms with Gasteiger partial charge in [-0.05, 0) is 50.1 Å². The van der Waals surface area contributed by atoms with E-state index in [9.17, 15) is 0 Å². The molecule has 1 heterocycles. The summed E-state index contributed by atoms with van der Waals surface area (Å²) in [5.74, 6) is 0.933. The number of nitrogens with two attached hydrogens (primary N) is 1. The molecule has 0 bridgehead atoms. The van der Waals surface area contributed by atoms with Gasteiger partial charge in [-0.2, -0.15) is 0 Å². The Hall–Kier alpha value is -2.17. The van der Waals surface area contributed by atoms with Crippen LogP contribution in [0.4, 0.5) is 0 Å². The number of nitrogens with zero attached hydrogens (tertiary/aromatic N) is 1. The van der Waals surface area contributed by atoms with Gasteiger partial charge in [-0.25, -0.2) is 4.98 Å². The molecule has 0 unspecified atom stereocenters. The van der Waals surface area contributed by atoms with Gasteiger partial charge in [-0.3, -0.25) is 0 Å². The van der Waals surface area contributed by atoms with Gasteiger partial charge in [0.15, 0.2) is 0 Å². The summed E-state index contributed by atoms with van der Waals surface area (Å²) in [4.78, 5) is 6.11. The minimum atomic E-state index is 0.520. The van der Waals surface area contributed by atoms with Gasteiger partial charge in [-0.15, -0.1) is 11.3 Å². The molecule has 24 heavy (non-hydrogen) atoms. The lowest BCUT2D eigenvalue weighted by Gasteiger charge is -2.08. The van der Waals surface area contributed by atoms with Gasteiger partial charge in [-0.1, -0.05) is 24.3 Å². The first-order valence-electron chi connectivity index (χ1n) is 8.13. The fraction of sp³-hybridized carbons (Fsp3) is 0.250. The van der Waals surface area contributed by atoms with Crippen molar-refractivity contribution in [3.8, 4) is 27.6 Å². The van der Waals surface area contributed by atoms with Crippen molar-refractivity contribution in [1.29, 1.82) is 0 Å². The van der Waals surface area contributed by atoms with Crippen LogP contribution in [-0.2, 0) is 6.54 Å². The van der Waals surface area contributed by atoms with Crippen LogP contribution in [0.3, 0.4) is 0 Å². The Morgan fingerprint density at radius 2 is 1.92 bits per heavy atom. The summed E-state index contributed by atoms with van der Waals surface area (Å²) in [5.41, 5.74) is 11.4. The molecule has 2 aromatic carbocycles. The molecule has 3 rings (SSSR count). The van der Waals surface area contributed by atoms with Gasteiger partial charge < -0.3 is 10.5 Å². The van der Waals surface area contributed by atoms with Crippen molar-refractivity contribution < 1.29 is 4.74 Å². The van der Waals surface area contributed by atoms with Crippen molar-refractivity contribution >= 4 is 11.3 Å². The molecule has 0 saturated carbocycles. The Morgan fingerprint density at radius 3 is 2.62 bits per heavy atom. The number of hydrogen-bond acceptors (Lipinski definition) is 4. The lowest BCUT2D eigenvalue weighted by molar-refractivity contribution is 0.338. The average Bonchev–Trinajstić information content (AvgIpc) is 2.98. The molecule has 1 aromatic heterocycles. The molecule has 4 heteroatoms. The second-order valence-corrected chi connectivity index (χ2v) is 6.90. The highest BCUT2D eigenvalue weighted by Crippen LogP contribution is 2.36. The molecule has 0 aliphatic carbocycles. The van der Waals surface area contributed by atoms with Crippen molar-refractivity contribution in [2.75, 3.05) is 6.61 Å². The summed E-state index contributed by atoms with van der Waals surface area (Å²) in [5, 5.41) is 1.02. The van der Waals surface area contributed by atoms with Crippen molar-refractivity contribution in [2.45, 2.75) is 27.3 Å². The molecule has 0 atom stereocenters. The first-order chi connectivity index (χ1) is 11.6. The van der Waals surface area contributed by atoms with Gasteiger partial charge in [0.2, 0.25) is 0 Å². The molecule has 0 aliphatic heterocycles. The van der Waals surface area contributed by atoms with Crippen molar-refractivity contribution in [3.05, 3.63) is 58.5 Å². The fourth-order valence-corrected chi connectivity index (χ4v) is 3.80. The van der Waals surface area contributed by atoms with Gasteiger partial charge in [0, 0.05) is 22.5 Å². The topological polar surface area (TPSA) is 48.1 Å². The zero-order chi connectivity index (χ0) is 17.1. The van der Waals surface area contributed by atoms with Crippen LogP contribution >= 0.6 is 11.3 Å². The number of benzene rings is 2. The molecule has 124 valence electrons. The largest absolute Gasteiger partial charge is 0.494 e. The van der Waals surface area contributed by atoms with Crippen LogP contribution in [0, 0.1) is 13.8 Å². The van der Waals surface area contributed by atoms with E-state index in [4.69, 9.17) is 15.5 Å². The quantitative estimate of drug-likeness (QED) is 0.716. The lowest BCUT2D eigenvalue weighted by Crippen LogP contribution is -1.98. The maximum Gasteiger partial charge on any atom is 0.124 e. The molecule has 0 amide bonds. The van der Waals surface area contributed by atoms with Gasteiger partial charge in [0.25, 0.3) is 0 Å². The summed E-state index contributed by atoms with van der Waals surface area (Å²) in [6.45, 7) is 7.38. The van der Waals surface area contributed by atoms with E-state index in [1.165, 1.54) is 4.88 Å². The second kappa shape index (κ2) is 7.16. The number of rotatable bonds is 5. The minimum Gasteiger partial charge on any atom is -0.494 e. The third kappa shape index (κ3) is 3.21. The Balaban J connectivity index is 2.02. The summed E-state index contributed by atoms with van der Waals surface area (Å²) in [6.07, 6.45) is 0. The van der Waals surface area contributed by atoms with Crippen LogP contribution in [0.2, 0.25) is 0 Å². The van der Waals surface area contributed by atoms with E-state index in [2.05, 4.69) is 38.1 Å². The van der Waals surface area contributed by atoms with E-state index in [1.807, 2.05) is 25.1 Å². The molecule has 0 spiro atoms. The highest BCUT2D eigenvalue weighted by molar-refractivity contribution is 7.15. The van der Waals surface area contributed by atoms with Crippen molar-refractivity contribution in [1.82, 2.24) is 4.98 Å². The minimum absolute atomic E-state index is 0.520. The molecular weight excluding hydrogens is 316 g/mol. The lowest BCUT2D eigenvalue weighted by atomic mass is 10.1. The average molecular weight is 338 g/mol. The summed E-state index contributed by atoms with van der Waals surface area (Å²) < 4.78 is 5.63. The third-order valence-corrected chi connectivity index (χ3v) is 5.02. The molecule has 0 radical (unpaired) electrons. The SMILES string of the molecule is CCOc1ccc(-c2nc(-c3ccccc3CN)sc2C)cc1C. The second-order valence-electron chi connectivity index (χ2n) is 5.70. The van der Waals surface area contributed by atoms with Crippen molar-refractivity contribution in [2.24, 2.45) is 5.73 Å². The number of ether oxygens (including phenoxy) is 1. The van der Waals surface area contributed by atoms with Crippen LogP contribution in [0.5, 0.6) is 5.75 Å². The van der Waals surface area contributed by atoms with Crippen LogP contribution in [0.15, 0.2) is 42.5 Å². The highest BCUT2D eigenvalue weighted by Gasteiger charge is 2.14. The smallest absolute Gasteiger partial charge is 0.124 e. The summed E-state index contributed by atoms with van der Waals surface area (Å²) >= 11 is 1.71. The zero-order valence-corrected chi connectivity index (χ0v) is 15.1. The number of thiazole rings is 1. The normalized spacial score (nSPS) is 10.8. The van der Waals surface area contributed by atoms with Gasteiger partial charge >= 0.3 is 0 Å². The van der Waals surface area contributed by atoms with Crippen LogP contribution in [-0.4, -0.2) is 11.6 Å². The monoisotopic (exact) mass is 338 g/mol. The van der Waals surface area contributed by atoms with E-state index in [0.29, 0.717) is 13.2 Å². The third-order valence-electron chi connectivity index (χ3n) is 4.01. The first-order valence-corrected chi connectivity index (χ1v) is 8.95. The van der Waals surface area contributed by atoms with E-state index >= 15 is 0 Å². The molecule has 3 nitrogen and oxygen atoms in total. The highest BCUT2D eigenvalue weighted by atomic mass is 32.1.